The molecule has 1 N–H and O–H groups in total. The van der Waals surface area contributed by atoms with Gasteiger partial charge in [-0.25, -0.2) is 0 Å². The molecule has 5 atom stereocenters. The average Bonchev–Trinajstić information content (AvgIpc) is 2.44. The van der Waals surface area contributed by atoms with Gasteiger partial charge < -0.3 is 28.4 Å². The maximum atomic E-state index is 11.7. The molecule has 0 saturated carbocycles. The first kappa shape index (κ1) is 22.7. The third kappa shape index (κ3) is 7.45. The molecule has 0 bridgehead atoms. The molecule has 1 saturated heterocycles. The molecule has 7 nitrogen and oxygen atoms in total. The van der Waals surface area contributed by atoms with E-state index in [4.69, 9.17) is 23.1 Å². The molecule has 9 heteroatoms. The fraction of sp³-hybridized carbons (Fsp3) is 0.938. The number of ether oxygens (including phenoxy) is 3. The van der Waals surface area contributed by atoms with Gasteiger partial charge in [-0.3, -0.25) is 4.79 Å². The van der Waals surface area contributed by atoms with Crippen molar-refractivity contribution in [2.24, 2.45) is 0 Å². The van der Waals surface area contributed by atoms with Crippen molar-refractivity contribution in [1.29, 1.82) is 0 Å². The largest absolute Gasteiger partial charge is 0.415 e. The lowest BCUT2D eigenvalue weighted by atomic mass is 9.96. The number of amides is 1. The molecule has 0 spiro atoms. The first-order chi connectivity index (χ1) is 11.4. The molecule has 1 amide bonds. The molecule has 0 aromatic carbocycles. The summed E-state index contributed by atoms with van der Waals surface area (Å²) in [5, 5.41) is 2.91. The highest BCUT2D eigenvalue weighted by atomic mass is 28.4. The average molecular weight is 394 g/mol. The zero-order chi connectivity index (χ0) is 19.4. The van der Waals surface area contributed by atoms with Crippen molar-refractivity contribution in [3.8, 4) is 0 Å². The summed E-state index contributed by atoms with van der Waals surface area (Å²) in [5.74, 6) is -0.161. The molecule has 1 heterocycles. The van der Waals surface area contributed by atoms with Gasteiger partial charge in [-0.05, 0) is 39.3 Å². The van der Waals surface area contributed by atoms with Gasteiger partial charge in [0.15, 0.2) is 22.9 Å². The summed E-state index contributed by atoms with van der Waals surface area (Å²) in [6, 6.07) is -0.442. The number of hydrogen-bond donors (Lipinski definition) is 1. The Morgan fingerprint density at radius 2 is 1.60 bits per heavy atom. The van der Waals surface area contributed by atoms with Gasteiger partial charge in [0.1, 0.15) is 18.2 Å². The Bertz CT molecular complexity index is 437. The van der Waals surface area contributed by atoms with Crippen molar-refractivity contribution in [2.75, 3.05) is 20.8 Å². The highest BCUT2D eigenvalue weighted by molar-refractivity contribution is 6.70. The minimum Gasteiger partial charge on any atom is -0.415 e. The summed E-state index contributed by atoms with van der Waals surface area (Å²) in [6.45, 7) is 14.6. The Hall–Kier alpha value is -0.296. The number of methoxy groups -OCH3 is 2. The second-order valence-corrected chi connectivity index (χ2v) is 17.3. The van der Waals surface area contributed by atoms with E-state index in [1.807, 2.05) is 0 Å². The van der Waals surface area contributed by atoms with Crippen molar-refractivity contribution in [1.82, 2.24) is 5.32 Å². The minimum atomic E-state index is -1.90. The van der Waals surface area contributed by atoms with E-state index in [0.717, 1.165) is 0 Å². The van der Waals surface area contributed by atoms with Gasteiger partial charge in [0.25, 0.3) is 0 Å². The van der Waals surface area contributed by atoms with E-state index >= 15 is 0 Å². The fourth-order valence-corrected chi connectivity index (χ4v) is 4.55. The number of rotatable bonds is 8. The minimum absolute atomic E-state index is 0.161. The van der Waals surface area contributed by atoms with Crippen LogP contribution in [-0.2, 0) is 27.9 Å². The van der Waals surface area contributed by atoms with Gasteiger partial charge in [-0.15, -0.1) is 0 Å². The van der Waals surface area contributed by atoms with Crippen LogP contribution in [0.5, 0.6) is 0 Å². The molecule has 0 aliphatic carbocycles. The highest BCUT2D eigenvalue weighted by Crippen LogP contribution is 2.29. The molecule has 148 valence electrons. The zero-order valence-corrected chi connectivity index (χ0v) is 19.0. The predicted molar refractivity (Wildman–Crippen MR) is 102 cm³/mol. The maximum Gasteiger partial charge on any atom is 0.217 e. The first-order valence-corrected chi connectivity index (χ1v) is 15.5. The van der Waals surface area contributed by atoms with E-state index in [0.29, 0.717) is 6.61 Å². The Balaban J connectivity index is 3.10. The van der Waals surface area contributed by atoms with Crippen LogP contribution in [-0.4, -0.2) is 74.0 Å². The Morgan fingerprint density at radius 3 is 2.00 bits per heavy atom. The van der Waals surface area contributed by atoms with Crippen LogP contribution in [0.1, 0.15) is 6.92 Å². The summed E-state index contributed by atoms with van der Waals surface area (Å²) < 4.78 is 29.7. The lowest BCUT2D eigenvalue weighted by molar-refractivity contribution is -0.263. The monoisotopic (exact) mass is 393 g/mol. The van der Waals surface area contributed by atoms with Gasteiger partial charge >= 0.3 is 0 Å². The standard InChI is InChI=1S/C16H35NO6Si2/c1-11(18)17-13-15(23-25(7,8)9)14(19-2)12(22-16(13)20-3)10-21-24(4,5)6/h12-16H,10H2,1-9H3,(H,17,18). The molecule has 1 fully saturated rings. The summed E-state index contributed by atoms with van der Waals surface area (Å²) in [7, 11) is -0.411. The third-order valence-electron chi connectivity index (χ3n) is 3.69. The Labute approximate surface area is 153 Å². The van der Waals surface area contributed by atoms with Crippen LogP contribution >= 0.6 is 0 Å². The summed E-state index contributed by atoms with van der Waals surface area (Å²) in [6.07, 6.45) is -1.67. The molecule has 1 aliphatic rings. The van der Waals surface area contributed by atoms with Crippen molar-refractivity contribution >= 4 is 22.5 Å². The van der Waals surface area contributed by atoms with E-state index in [2.05, 4.69) is 44.6 Å². The van der Waals surface area contributed by atoms with Crippen molar-refractivity contribution in [3.05, 3.63) is 0 Å². The number of hydrogen-bond acceptors (Lipinski definition) is 6. The summed E-state index contributed by atoms with van der Waals surface area (Å²) >= 11 is 0. The van der Waals surface area contributed by atoms with Gasteiger partial charge in [0.2, 0.25) is 5.91 Å². The van der Waals surface area contributed by atoms with Crippen LogP contribution in [0.25, 0.3) is 0 Å². The molecular weight excluding hydrogens is 358 g/mol. The fourth-order valence-electron chi connectivity index (χ4n) is 2.79. The molecule has 1 rings (SSSR count). The van der Waals surface area contributed by atoms with E-state index in [1.165, 1.54) is 6.92 Å². The smallest absolute Gasteiger partial charge is 0.217 e. The second kappa shape index (κ2) is 9.07. The van der Waals surface area contributed by atoms with Gasteiger partial charge in [0.05, 0.1) is 12.7 Å². The van der Waals surface area contributed by atoms with Crippen LogP contribution in [0.15, 0.2) is 0 Å². The van der Waals surface area contributed by atoms with E-state index in [-0.39, 0.29) is 24.2 Å². The predicted octanol–water partition coefficient (Wildman–Crippen LogP) is 1.95. The van der Waals surface area contributed by atoms with Gasteiger partial charge in [0, 0.05) is 21.1 Å². The van der Waals surface area contributed by atoms with Crippen molar-refractivity contribution < 1.29 is 27.9 Å². The lowest BCUT2D eigenvalue weighted by Gasteiger charge is -2.47. The summed E-state index contributed by atoms with van der Waals surface area (Å²) in [5.41, 5.74) is 0. The van der Waals surface area contributed by atoms with Crippen LogP contribution < -0.4 is 5.32 Å². The van der Waals surface area contributed by atoms with E-state index in [9.17, 15) is 4.79 Å². The van der Waals surface area contributed by atoms with Crippen LogP contribution in [0.2, 0.25) is 39.3 Å². The van der Waals surface area contributed by atoms with Crippen molar-refractivity contribution in [3.63, 3.8) is 0 Å². The van der Waals surface area contributed by atoms with E-state index in [1.54, 1.807) is 14.2 Å². The zero-order valence-electron chi connectivity index (χ0n) is 17.0. The normalized spacial score (nSPS) is 31.0. The number of nitrogens with one attached hydrogen (secondary N) is 1. The molecule has 0 aromatic heterocycles. The van der Waals surface area contributed by atoms with Crippen LogP contribution in [0.3, 0.4) is 0 Å². The Kier molecular flexibility index (Phi) is 8.25. The number of carbonyl (C=O) groups excluding carboxylic acids is 1. The van der Waals surface area contributed by atoms with Crippen LogP contribution in [0, 0.1) is 0 Å². The molecule has 1 aliphatic heterocycles. The first-order valence-electron chi connectivity index (χ1n) is 8.68. The lowest BCUT2D eigenvalue weighted by Crippen LogP contribution is -2.67. The third-order valence-corrected chi connectivity index (χ3v) is 5.70. The van der Waals surface area contributed by atoms with Gasteiger partial charge in [-0.1, -0.05) is 0 Å². The SMILES string of the molecule is COC1OC(CO[Si](C)(C)C)C(OC)C(O[Si](C)(C)C)C1NC(C)=O. The molecular formula is C16H35NO6Si2. The summed E-state index contributed by atoms with van der Waals surface area (Å²) in [4.78, 5) is 11.7. The van der Waals surface area contributed by atoms with Crippen molar-refractivity contribution in [2.45, 2.75) is 76.8 Å². The molecule has 0 radical (unpaired) electrons. The highest BCUT2D eigenvalue weighted by Gasteiger charge is 2.49. The molecule has 5 unspecified atom stereocenters. The quantitative estimate of drug-likeness (QED) is 0.635. The Morgan fingerprint density at radius 1 is 1.00 bits per heavy atom. The maximum absolute atomic E-state index is 11.7. The molecule has 25 heavy (non-hydrogen) atoms. The topological polar surface area (TPSA) is 75.2 Å². The van der Waals surface area contributed by atoms with Crippen LogP contribution in [0.4, 0.5) is 0 Å². The van der Waals surface area contributed by atoms with Gasteiger partial charge in [-0.2, -0.15) is 0 Å². The number of carbonyl (C=O) groups is 1. The van der Waals surface area contributed by atoms with E-state index < -0.39 is 29.0 Å². The molecule has 0 aromatic rings. The second-order valence-electron chi connectivity index (χ2n) is 8.32.